The number of halogens is 4. The quantitative estimate of drug-likeness (QED) is 0.416. The normalized spacial score (nSPS) is 16.4. The van der Waals surface area contributed by atoms with Crippen LogP contribution in [-0.2, 0) is 14.9 Å². The van der Waals surface area contributed by atoms with Crippen molar-refractivity contribution < 1.29 is 22.7 Å². The van der Waals surface area contributed by atoms with Crippen LogP contribution in [0.4, 0.5) is 13.2 Å². The van der Waals surface area contributed by atoms with Crippen molar-refractivity contribution in [3.05, 3.63) is 101 Å². The molecule has 5 nitrogen and oxygen atoms in total. The van der Waals surface area contributed by atoms with Crippen LogP contribution in [0.5, 0.6) is 0 Å². The van der Waals surface area contributed by atoms with Crippen LogP contribution in [0.1, 0.15) is 50.4 Å². The van der Waals surface area contributed by atoms with Crippen LogP contribution in [-0.4, -0.2) is 23.3 Å². The first-order chi connectivity index (χ1) is 17.3. The van der Waals surface area contributed by atoms with Crippen LogP contribution in [0.3, 0.4) is 0 Å². The summed E-state index contributed by atoms with van der Waals surface area (Å²) >= 11 is 6.82. The van der Waals surface area contributed by atoms with E-state index in [0.717, 1.165) is 21.5 Å². The molecule has 3 aromatic rings. The molecule has 194 valence electrons. The van der Waals surface area contributed by atoms with Gasteiger partial charge in [-0.25, -0.2) is 9.79 Å². The summed E-state index contributed by atoms with van der Waals surface area (Å²) in [7, 11) is 0. The minimum Gasteiger partial charge on any atom is -0.463 e. The highest BCUT2D eigenvalue weighted by molar-refractivity contribution is 7.07. The number of fused-ring (bicyclic) bond motifs is 1. The number of nitrogens with zero attached hydrogens (tertiary/aromatic N) is 2. The van der Waals surface area contributed by atoms with Gasteiger partial charge in [-0.05, 0) is 47.2 Å². The van der Waals surface area contributed by atoms with Gasteiger partial charge in [0.05, 0.1) is 22.8 Å². The zero-order valence-corrected chi connectivity index (χ0v) is 22.1. The Hall–Kier alpha value is -3.17. The fourth-order valence-corrected chi connectivity index (χ4v) is 5.16. The molecule has 2 aromatic carbocycles. The van der Waals surface area contributed by atoms with Gasteiger partial charge in [-0.1, -0.05) is 80.1 Å². The molecule has 10 heteroatoms. The highest BCUT2D eigenvalue weighted by Gasteiger charge is 2.45. The number of carbonyl (C=O) groups excluding carboxylic acids is 1. The Morgan fingerprint density at radius 1 is 1.11 bits per heavy atom. The summed E-state index contributed by atoms with van der Waals surface area (Å²) in [5.74, 6) is -1.19. The average Bonchev–Trinajstić information content (AvgIpc) is 3.13. The zero-order chi connectivity index (χ0) is 27.1. The topological polar surface area (TPSA) is 60.7 Å². The molecule has 0 saturated heterocycles. The van der Waals surface area contributed by atoms with Crippen molar-refractivity contribution in [1.29, 1.82) is 0 Å². The standard InChI is InChI=1S/C27H24ClF3N2O3S/c1-5-36-24(35)20-21(16-8-12-18(28)13-9-16)33-23(34)19(37-25(33)32-22(20)27(29,30)31)14-15-6-10-17(11-7-15)26(2,3)4/h6-14,21H,5H2,1-4H3/b19-14-/t21-/m1/s1. The van der Waals surface area contributed by atoms with Gasteiger partial charge in [-0.2, -0.15) is 13.2 Å². The molecule has 0 bridgehead atoms. The van der Waals surface area contributed by atoms with Crippen molar-refractivity contribution in [3.8, 4) is 0 Å². The predicted octanol–water partition coefficient (Wildman–Crippen LogP) is 5.29. The van der Waals surface area contributed by atoms with E-state index in [9.17, 15) is 22.8 Å². The van der Waals surface area contributed by atoms with E-state index in [0.29, 0.717) is 10.6 Å². The van der Waals surface area contributed by atoms with Gasteiger partial charge < -0.3 is 4.74 Å². The van der Waals surface area contributed by atoms with Crippen molar-refractivity contribution in [2.24, 2.45) is 4.99 Å². The molecule has 4 rings (SSSR count). The number of aromatic nitrogens is 1. The lowest BCUT2D eigenvalue weighted by Crippen LogP contribution is -2.41. The molecule has 0 amide bonds. The summed E-state index contributed by atoms with van der Waals surface area (Å²) in [5.41, 5.74) is -0.672. The van der Waals surface area contributed by atoms with E-state index in [1.54, 1.807) is 6.08 Å². The Balaban J connectivity index is 1.98. The third kappa shape index (κ3) is 5.43. The number of benzene rings is 2. The van der Waals surface area contributed by atoms with Gasteiger partial charge in [0.15, 0.2) is 10.5 Å². The van der Waals surface area contributed by atoms with Crippen LogP contribution in [0.2, 0.25) is 5.02 Å². The van der Waals surface area contributed by atoms with Gasteiger partial charge in [0.25, 0.3) is 5.56 Å². The second-order valence-electron chi connectivity index (χ2n) is 9.49. The maximum atomic E-state index is 14.2. The fourth-order valence-electron chi connectivity index (χ4n) is 4.03. The number of alkyl halides is 3. The largest absolute Gasteiger partial charge is 0.463 e. The molecule has 0 radical (unpaired) electrons. The smallest absolute Gasteiger partial charge is 0.434 e. The van der Waals surface area contributed by atoms with Crippen molar-refractivity contribution in [1.82, 2.24) is 4.57 Å². The van der Waals surface area contributed by atoms with Crippen molar-refractivity contribution >= 4 is 35.0 Å². The van der Waals surface area contributed by atoms with Crippen LogP contribution in [0.25, 0.3) is 6.08 Å². The molecule has 0 N–H and O–H groups in total. The third-order valence-corrected chi connectivity index (χ3v) is 7.09. The molecular weight excluding hydrogens is 525 g/mol. The minimum absolute atomic E-state index is 0.0616. The lowest BCUT2D eigenvalue weighted by atomic mass is 9.87. The van der Waals surface area contributed by atoms with Crippen LogP contribution < -0.4 is 14.9 Å². The maximum absolute atomic E-state index is 14.2. The molecule has 0 aliphatic carbocycles. The zero-order valence-electron chi connectivity index (χ0n) is 20.5. The van der Waals surface area contributed by atoms with E-state index in [1.165, 1.54) is 31.2 Å². The molecule has 1 aliphatic heterocycles. The van der Waals surface area contributed by atoms with Crippen molar-refractivity contribution in [2.45, 2.75) is 45.3 Å². The number of rotatable bonds is 4. The Morgan fingerprint density at radius 3 is 2.27 bits per heavy atom. The minimum atomic E-state index is -4.95. The second-order valence-corrected chi connectivity index (χ2v) is 10.9. The number of thiazole rings is 1. The summed E-state index contributed by atoms with van der Waals surface area (Å²) < 4.78 is 48.7. The van der Waals surface area contributed by atoms with E-state index in [1.807, 2.05) is 24.3 Å². The van der Waals surface area contributed by atoms with Gasteiger partial charge in [0.2, 0.25) is 0 Å². The fraction of sp³-hybridized carbons (Fsp3) is 0.296. The first-order valence-electron chi connectivity index (χ1n) is 11.5. The molecule has 1 atom stereocenters. The molecule has 0 unspecified atom stereocenters. The summed E-state index contributed by atoms with van der Waals surface area (Å²) in [4.78, 5) is 30.0. The molecule has 0 saturated carbocycles. The summed E-state index contributed by atoms with van der Waals surface area (Å²) in [6, 6.07) is 12.1. The lowest BCUT2D eigenvalue weighted by molar-refractivity contribution is -0.140. The third-order valence-electron chi connectivity index (χ3n) is 5.86. The highest BCUT2D eigenvalue weighted by atomic mass is 35.5. The Kier molecular flexibility index (Phi) is 7.23. The van der Waals surface area contributed by atoms with E-state index in [2.05, 4.69) is 25.8 Å². The molecule has 37 heavy (non-hydrogen) atoms. The summed E-state index contributed by atoms with van der Waals surface area (Å²) in [6.45, 7) is 7.58. The SMILES string of the molecule is CCOC(=O)C1=C(C(F)(F)F)N=c2s/c(=C\c3ccc(C(C)(C)C)cc3)c(=O)n2[C@@H]1c1ccc(Cl)cc1. The molecule has 0 fully saturated rings. The monoisotopic (exact) mass is 548 g/mol. The summed E-state index contributed by atoms with van der Waals surface area (Å²) in [5, 5.41) is 0.354. The van der Waals surface area contributed by atoms with Gasteiger partial charge >= 0.3 is 12.1 Å². The van der Waals surface area contributed by atoms with Gasteiger partial charge in [-0.15, -0.1) is 0 Å². The van der Waals surface area contributed by atoms with Gasteiger partial charge in [0, 0.05) is 5.02 Å². The molecule has 2 heterocycles. The number of hydrogen-bond acceptors (Lipinski definition) is 5. The van der Waals surface area contributed by atoms with E-state index in [4.69, 9.17) is 16.3 Å². The maximum Gasteiger partial charge on any atom is 0.434 e. The van der Waals surface area contributed by atoms with Crippen LogP contribution in [0, 0.1) is 0 Å². The van der Waals surface area contributed by atoms with E-state index in [-0.39, 0.29) is 26.9 Å². The lowest BCUT2D eigenvalue weighted by Gasteiger charge is -2.26. The number of carbonyl (C=O) groups is 1. The second kappa shape index (κ2) is 9.95. The first kappa shape index (κ1) is 26.9. The Bertz CT molecular complexity index is 1550. The first-order valence-corrected chi connectivity index (χ1v) is 12.7. The van der Waals surface area contributed by atoms with E-state index >= 15 is 0 Å². The molecule has 1 aromatic heterocycles. The van der Waals surface area contributed by atoms with E-state index < -0.39 is 35.0 Å². The van der Waals surface area contributed by atoms with Crippen molar-refractivity contribution in [3.63, 3.8) is 0 Å². The molecular formula is C27H24ClF3N2O3S. The number of hydrogen-bond donors (Lipinski definition) is 0. The van der Waals surface area contributed by atoms with Crippen molar-refractivity contribution in [2.75, 3.05) is 6.61 Å². The number of allylic oxidation sites excluding steroid dienone is 1. The average molecular weight is 549 g/mol. The number of esters is 1. The molecule has 0 spiro atoms. The predicted molar refractivity (Wildman–Crippen MR) is 137 cm³/mol. The van der Waals surface area contributed by atoms with Gasteiger partial charge in [0.1, 0.15) is 0 Å². The Morgan fingerprint density at radius 2 is 1.73 bits per heavy atom. The molecule has 1 aliphatic rings. The Labute approximate surface area is 220 Å². The van der Waals surface area contributed by atoms with Crippen LogP contribution >= 0.6 is 22.9 Å². The summed E-state index contributed by atoms with van der Waals surface area (Å²) in [6.07, 6.45) is -3.35. The highest BCUT2D eigenvalue weighted by Crippen LogP contribution is 2.38. The van der Waals surface area contributed by atoms with Gasteiger partial charge in [-0.3, -0.25) is 9.36 Å². The number of ether oxygens (including phenoxy) is 1. The van der Waals surface area contributed by atoms with Crippen LogP contribution in [0.15, 0.2) is 69.6 Å².